The third kappa shape index (κ3) is 3.21. The van der Waals surface area contributed by atoms with Crippen LogP contribution in [0.15, 0.2) is 65.5 Å². The summed E-state index contributed by atoms with van der Waals surface area (Å²) in [4.78, 5) is 19.7. The number of halogens is 1. The SMILES string of the molecule is C[C@H]([NH2+]Cc1nc2cc(Cl)ccc2c(=O)[nH]1)c1cccc2ccccc12. The van der Waals surface area contributed by atoms with Crippen molar-refractivity contribution in [3.05, 3.63) is 87.4 Å². The van der Waals surface area contributed by atoms with Crippen molar-refractivity contribution in [2.24, 2.45) is 0 Å². The molecule has 3 aromatic carbocycles. The number of aromatic amines is 1. The number of nitrogens with two attached hydrogens (primary N) is 1. The minimum atomic E-state index is -0.132. The Kier molecular flexibility index (Phi) is 4.45. The van der Waals surface area contributed by atoms with Crippen LogP contribution in [-0.2, 0) is 6.54 Å². The van der Waals surface area contributed by atoms with Crippen LogP contribution in [0.4, 0.5) is 0 Å². The molecule has 0 spiro atoms. The molecule has 0 saturated heterocycles. The zero-order valence-corrected chi connectivity index (χ0v) is 15.1. The van der Waals surface area contributed by atoms with Gasteiger partial charge in [-0.1, -0.05) is 54.1 Å². The molecular formula is C21H19ClN3O+. The van der Waals surface area contributed by atoms with Gasteiger partial charge in [0.1, 0.15) is 12.6 Å². The van der Waals surface area contributed by atoms with Gasteiger partial charge < -0.3 is 10.3 Å². The number of H-pyrrole nitrogens is 1. The fourth-order valence-corrected chi connectivity index (χ4v) is 3.49. The standard InChI is InChI=1S/C21H18ClN3O/c1-13(16-8-4-6-14-5-2-3-7-17(14)16)23-12-20-24-19-11-15(22)9-10-18(19)21(26)25-20/h2-11,13,23H,12H2,1H3,(H,24,25,26)/p+1/t13-/m0/s1. The number of quaternary nitrogens is 1. The minimum absolute atomic E-state index is 0.132. The van der Waals surface area contributed by atoms with E-state index in [2.05, 4.69) is 64.7 Å². The van der Waals surface area contributed by atoms with Crippen molar-refractivity contribution < 1.29 is 5.32 Å². The molecule has 4 rings (SSSR count). The first-order valence-electron chi connectivity index (χ1n) is 8.61. The Morgan fingerprint density at radius 3 is 2.77 bits per heavy atom. The van der Waals surface area contributed by atoms with E-state index in [0.717, 1.165) is 0 Å². The van der Waals surface area contributed by atoms with E-state index in [1.807, 2.05) is 0 Å². The molecule has 1 atom stereocenters. The summed E-state index contributed by atoms with van der Waals surface area (Å²) in [5.74, 6) is 0.650. The molecule has 130 valence electrons. The molecular weight excluding hydrogens is 346 g/mol. The van der Waals surface area contributed by atoms with Crippen molar-refractivity contribution >= 4 is 33.3 Å². The molecule has 4 nitrogen and oxygen atoms in total. The Balaban J connectivity index is 1.60. The molecule has 26 heavy (non-hydrogen) atoms. The van der Waals surface area contributed by atoms with Crippen molar-refractivity contribution in [3.63, 3.8) is 0 Å². The molecule has 0 bridgehead atoms. The maximum absolute atomic E-state index is 12.2. The maximum atomic E-state index is 12.2. The van der Waals surface area contributed by atoms with E-state index in [4.69, 9.17) is 11.6 Å². The Morgan fingerprint density at radius 2 is 1.88 bits per heavy atom. The monoisotopic (exact) mass is 364 g/mol. The molecule has 0 aliphatic heterocycles. The number of nitrogens with one attached hydrogen (secondary N) is 1. The highest BCUT2D eigenvalue weighted by Crippen LogP contribution is 2.22. The van der Waals surface area contributed by atoms with Crippen LogP contribution in [0.2, 0.25) is 5.02 Å². The van der Waals surface area contributed by atoms with Gasteiger partial charge in [0, 0.05) is 10.6 Å². The highest BCUT2D eigenvalue weighted by Gasteiger charge is 2.13. The largest absolute Gasteiger partial charge is 0.334 e. The lowest BCUT2D eigenvalue weighted by atomic mass is 10.00. The Labute approximate surface area is 155 Å². The van der Waals surface area contributed by atoms with Crippen molar-refractivity contribution in [1.82, 2.24) is 9.97 Å². The summed E-state index contributed by atoms with van der Waals surface area (Å²) in [6.45, 7) is 2.75. The number of fused-ring (bicyclic) bond motifs is 2. The molecule has 0 aliphatic carbocycles. The smallest absolute Gasteiger partial charge is 0.258 e. The lowest BCUT2D eigenvalue weighted by Crippen LogP contribution is -2.83. The fourth-order valence-electron chi connectivity index (χ4n) is 3.32. The molecule has 0 radical (unpaired) electrons. The van der Waals surface area contributed by atoms with Gasteiger partial charge in [0.2, 0.25) is 0 Å². The first-order valence-corrected chi connectivity index (χ1v) is 8.99. The van der Waals surface area contributed by atoms with Crippen LogP contribution >= 0.6 is 11.6 Å². The summed E-state index contributed by atoms with van der Waals surface area (Å²) >= 11 is 6.03. The Bertz CT molecular complexity index is 1150. The second kappa shape index (κ2) is 6.90. The van der Waals surface area contributed by atoms with Gasteiger partial charge in [-0.15, -0.1) is 0 Å². The molecule has 0 fully saturated rings. The summed E-state index contributed by atoms with van der Waals surface area (Å²) in [6.07, 6.45) is 0. The first-order chi connectivity index (χ1) is 12.6. The number of hydrogen-bond acceptors (Lipinski definition) is 2. The summed E-state index contributed by atoms with van der Waals surface area (Å²) < 4.78 is 0. The maximum Gasteiger partial charge on any atom is 0.258 e. The third-order valence-corrected chi connectivity index (χ3v) is 4.93. The number of benzene rings is 3. The van der Waals surface area contributed by atoms with Crippen LogP contribution in [0.5, 0.6) is 0 Å². The number of aromatic nitrogens is 2. The normalized spacial score (nSPS) is 12.5. The van der Waals surface area contributed by atoms with Gasteiger partial charge in [-0.3, -0.25) is 4.79 Å². The fraction of sp³-hybridized carbons (Fsp3) is 0.143. The Hall–Kier alpha value is -2.69. The lowest BCUT2D eigenvalue weighted by molar-refractivity contribution is -0.708. The van der Waals surface area contributed by atoms with Crippen molar-refractivity contribution in [3.8, 4) is 0 Å². The molecule has 1 heterocycles. The predicted octanol–water partition coefficient (Wildman–Crippen LogP) is 3.55. The van der Waals surface area contributed by atoms with Crippen molar-refractivity contribution in [2.75, 3.05) is 0 Å². The zero-order valence-electron chi connectivity index (χ0n) is 14.4. The van der Waals surface area contributed by atoms with Gasteiger partial charge in [0.05, 0.1) is 10.9 Å². The minimum Gasteiger partial charge on any atom is -0.334 e. The van der Waals surface area contributed by atoms with Gasteiger partial charge in [-0.05, 0) is 35.9 Å². The van der Waals surface area contributed by atoms with Gasteiger partial charge in [0.15, 0.2) is 5.82 Å². The van der Waals surface area contributed by atoms with Gasteiger partial charge >= 0.3 is 0 Å². The second-order valence-corrected chi connectivity index (χ2v) is 6.91. The lowest BCUT2D eigenvalue weighted by Gasteiger charge is -2.13. The molecule has 0 saturated carbocycles. The topological polar surface area (TPSA) is 62.4 Å². The number of hydrogen-bond donors (Lipinski definition) is 2. The van der Waals surface area contributed by atoms with Crippen LogP contribution in [0.3, 0.4) is 0 Å². The van der Waals surface area contributed by atoms with Crippen LogP contribution in [0, 0.1) is 0 Å². The first kappa shape index (κ1) is 16.8. The molecule has 3 N–H and O–H groups in total. The van der Waals surface area contributed by atoms with E-state index < -0.39 is 0 Å². The second-order valence-electron chi connectivity index (χ2n) is 6.47. The average molecular weight is 365 g/mol. The Morgan fingerprint density at radius 1 is 1.08 bits per heavy atom. The van der Waals surface area contributed by atoms with Crippen LogP contribution < -0.4 is 10.9 Å². The molecule has 0 aliphatic rings. The van der Waals surface area contributed by atoms with Gasteiger partial charge in [0.25, 0.3) is 5.56 Å². The van der Waals surface area contributed by atoms with Crippen LogP contribution in [-0.4, -0.2) is 9.97 Å². The summed E-state index contributed by atoms with van der Waals surface area (Å²) in [5, 5.41) is 5.80. The molecule has 4 aromatic rings. The van der Waals surface area contributed by atoms with Crippen LogP contribution in [0.1, 0.15) is 24.4 Å². The van der Waals surface area contributed by atoms with E-state index in [9.17, 15) is 4.79 Å². The molecule has 5 heteroatoms. The van der Waals surface area contributed by atoms with Crippen molar-refractivity contribution in [2.45, 2.75) is 19.5 Å². The molecule has 1 aromatic heterocycles. The summed E-state index contributed by atoms with van der Waals surface area (Å²) in [5.41, 5.74) is 1.77. The van der Waals surface area contributed by atoms with E-state index in [0.29, 0.717) is 28.3 Å². The highest BCUT2D eigenvalue weighted by molar-refractivity contribution is 6.31. The molecule has 0 amide bonds. The van der Waals surface area contributed by atoms with Crippen LogP contribution in [0.25, 0.3) is 21.7 Å². The highest BCUT2D eigenvalue weighted by atomic mass is 35.5. The zero-order chi connectivity index (χ0) is 18.1. The van der Waals surface area contributed by atoms with E-state index in [-0.39, 0.29) is 11.6 Å². The summed E-state index contributed by atoms with van der Waals surface area (Å²) in [7, 11) is 0. The summed E-state index contributed by atoms with van der Waals surface area (Å²) in [6, 6.07) is 20.1. The number of nitrogens with zero attached hydrogens (tertiary/aromatic N) is 1. The quantitative estimate of drug-likeness (QED) is 0.581. The average Bonchev–Trinajstić information content (AvgIpc) is 2.65. The number of rotatable bonds is 4. The van der Waals surface area contributed by atoms with E-state index >= 15 is 0 Å². The van der Waals surface area contributed by atoms with E-state index in [1.54, 1.807) is 18.2 Å². The predicted molar refractivity (Wildman–Crippen MR) is 105 cm³/mol. The molecule has 0 unspecified atom stereocenters. The van der Waals surface area contributed by atoms with Crippen molar-refractivity contribution in [1.29, 1.82) is 0 Å². The third-order valence-electron chi connectivity index (χ3n) is 4.70. The van der Waals surface area contributed by atoms with E-state index in [1.165, 1.54) is 16.3 Å². The van der Waals surface area contributed by atoms with Gasteiger partial charge in [-0.2, -0.15) is 0 Å². The van der Waals surface area contributed by atoms with Gasteiger partial charge in [-0.25, -0.2) is 4.98 Å².